The molecule has 0 heterocycles. The lowest BCUT2D eigenvalue weighted by atomic mass is 9.64. The molecule has 0 unspecified atom stereocenters. The molecule has 0 aromatic heterocycles. The third kappa shape index (κ3) is 3.16. The van der Waals surface area contributed by atoms with Gasteiger partial charge in [-0.25, -0.2) is 0 Å². The molecule has 3 nitrogen and oxygen atoms in total. The molecule has 24 heavy (non-hydrogen) atoms. The molecule has 0 radical (unpaired) electrons. The molecule has 132 valence electrons. The van der Waals surface area contributed by atoms with Crippen LogP contribution in [0.15, 0.2) is 34.9 Å². The zero-order chi connectivity index (χ0) is 17.3. The van der Waals surface area contributed by atoms with Crippen LogP contribution < -0.4 is 0 Å². The monoisotopic (exact) mass is 330 g/mol. The van der Waals surface area contributed by atoms with E-state index in [-0.39, 0.29) is 29.8 Å². The minimum atomic E-state index is -0.328. The number of carbonyl (C=O) groups is 1. The van der Waals surface area contributed by atoms with E-state index < -0.39 is 0 Å². The van der Waals surface area contributed by atoms with E-state index in [1.807, 2.05) is 0 Å². The summed E-state index contributed by atoms with van der Waals surface area (Å²) < 4.78 is 0. The number of Topliss-reactive ketones (excluding diaryl/α,β-unsaturated/α-hetero) is 1. The summed E-state index contributed by atoms with van der Waals surface area (Å²) in [5, 5.41) is 19.2. The highest BCUT2D eigenvalue weighted by molar-refractivity contribution is 5.83. The van der Waals surface area contributed by atoms with Gasteiger partial charge in [0, 0.05) is 5.92 Å². The minimum absolute atomic E-state index is 0.00190. The second-order valence-electron chi connectivity index (χ2n) is 8.09. The van der Waals surface area contributed by atoms with Gasteiger partial charge in [0.1, 0.15) is 6.61 Å². The Hall–Kier alpha value is -1.19. The van der Waals surface area contributed by atoms with E-state index in [4.69, 9.17) is 0 Å². The minimum Gasteiger partial charge on any atom is -0.393 e. The van der Waals surface area contributed by atoms with Gasteiger partial charge >= 0.3 is 0 Å². The maximum absolute atomic E-state index is 12.1. The number of hydrogen-bond donors (Lipinski definition) is 2. The van der Waals surface area contributed by atoms with Crippen molar-refractivity contribution < 1.29 is 15.0 Å². The van der Waals surface area contributed by atoms with Crippen LogP contribution in [-0.2, 0) is 4.79 Å². The number of rotatable bonds is 4. The van der Waals surface area contributed by atoms with Gasteiger partial charge < -0.3 is 10.2 Å². The summed E-state index contributed by atoms with van der Waals surface area (Å²) in [6.07, 6.45) is 13.1. The van der Waals surface area contributed by atoms with Crippen molar-refractivity contribution in [1.29, 1.82) is 0 Å². The number of hydrogen-bond acceptors (Lipinski definition) is 3. The first-order chi connectivity index (χ1) is 11.5. The fourth-order valence-electron chi connectivity index (χ4n) is 5.13. The van der Waals surface area contributed by atoms with Crippen LogP contribution in [0.4, 0.5) is 0 Å². The van der Waals surface area contributed by atoms with E-state index in [0.29, 0.717) is 5.92 Å². The maximum atomic E-state index is 12.1. The molecule has 3 rings (SSSR count). The molecule has 0 bridgehead atoms. The third-order valence-electron chi connectivity index (χ3n) is 6.68. The smallest absolute Gasteiger partial charge is 0.161 e. The van der Waals surface area contributed by atoms with Gasteiger partial charge in [0.25, 0.3) is 0 Å². The van der Waals surface area contributed by atoms with Crippen LogP contribution in [0.5, 0.6) is 0 Å². The van der Waals surface area contributed by atoms with Crippen LogP contribution in [0.2, 0.25) is 0 Å². The van der Waals surface area contributed by atoms with Crippen molar-refractivity contribution in [1.82, 2.24) is 0 Å². The van der Waals surface area contributed by atoms with E-state index in [1.54, 1.807) is 0 Å². The van der Waals surface area contributed by atoms with Gasteiger partial charge in [-0.15, -0.1) is 0 Å². The largest absolute Gasteiger partial charge is 0.393 e. The zero-order valence-corrected chi connectivity index (χ0v) is 14.9. The van der Waals surface area contributed by atoms with Crippen LogP contribution in [0, 0.1) is 17.3 Å². The number of aliphatic hydroxyl groups excluding tert-OH is 2. The Bertz CT molecular complexity index is 598. The molecule has 0 saturated heterocycles. The highest BCUT2D eigenvalue weighted by atomic mass is 16.3. The predicted molar refractivity (Wildman–Crippen MR) is 95.4 cm³/mol. The van der Waals surface area contributed by atoms with Gasteiger partial charge in [0.05, 0.1) is 6.10 Å². The molecule has 1 fully saturated rings. The van der Waals surface area contributed by atoms with Crippen molar-refractivity contribution >= 4 is 5.78 Å². The molecule has 3 aliphatic carbocycles. The van der Waals surface area contributed by atoms with Gasteiger partial charge in [-0.1, -0.05) is 30.7 Å². The summed E-state index contributed by atoms with van der Waals surface area (Å²) in [5.74, 6) is 0.429. The van der Waals surface area contributed by atoms with Crippen molar-refractivity contribution in [2.24, 2.45) is 17.3 Å². The number of carbonyl (C=O) groups excluding carboxylic acids is 1. The fraction of sp³-hybridized carbons (Fsp3) is 0.667. The SMILES string of the molecule is CC1=C(/C=C/C2=CCC[C@]3(C)[C@@H](C(=O)CO)CC[C@@H]23)C[C@@H](O)CC1. The van der Waals surface area contributed by atoms with Gasteiger partial charge in [-0.3, -0.25) is 4.79 Å². The summed E-state index contributed by atoms with van der Waals surface area (Å²) in [7, 11) is 0. The number of fused-ring (bicyclic) bond motifs is 1. The first-order valence-corrected chi connectivity index (χ1v) is 9.34. The molecule has 1 saturated carbocycles. The quantitative estimate of drug-likeness (QED) is 0.826. The Morgan fingerprint density at radius 3 is 2.88 bits per heavy atom. The summed E-state index contributed by atoms with van der Waals surface area (Å²) in [4.78, 5) is 12.1. The molecule has 0 amide bonds. The molecule has 0 aromatic rings. The van der Waals surface area contributed by atoms with Crippen molar-refractivity contribution in [3.8, 4) is 0 Å². The average Bonchev–Trinajstić information content (AvgIpc) is 2.92. The Morgan fingerprint density at radius 1 is 1.33 bits per heavy atom. The lowest BCUT2D eigenvalue weighted by Crippen LogP contribution is -2.36. The third-order valence-corrected chi connectivity index (χ3v) is 6.68. The highest BCUT2D eigenvalue weighted by Crippen LogP contribution is 2.56. The normalized spacial score (nSPS) is 36.8. The first kappa shape index (κ1) is 17.6. The van der Waals surface area contributed by atoms with Crippen LogP contribution in [-0.4, -0.2) is 28.7 Å². The first-order valence-electron chi connectivity index (χ1n) is 9.34. The van der Waals surface area contributed by atoms with Crippen molar-refractivity contribution in [2.75, 3.05) is 6.61 Å². The lowest BCUT2D eigenvalue weighted by Gasteiger charge is -2.39. The summed E-state index contributed by atoms with van der Waals surface area (Å²) >= 11 is 0. The second kappa shape index (κ2) is 6.97. The number of ketones is 1. The molecule has 0 aromatic carbocycles. The molecule has 2 N–H and O–H groups in total. The maximum Gasteiger partial charge on any atom is 0.161 e. The van der Waals surface area contributed by atoms with Crippen molar-refractivity contribution in [3.05, 3.63) is 34.9 Å². The predicted octanol–water partition coefficient (Wildman–Crippen LogP) is 3.72. The van der Waals surface area contributed by atoms with Gasteiger partial charge in [-0.2, -0.15) is 0 Å². The van der Waals surface area contributed by atoms with E-state index in [9.17, 15) is 15.0 Å². The topological polar surface area (TPSA) is 57.5 Å². The average molecular weight is 330 g/mol. The summed E-state index contributed by atoms with van der Waals surface area (Å²) in [6.45, 7) is 4.07. The fourth-order valence-corrected chi connectivity index (χ4v) is 5.13. The Balaban J connectivity index is 1.79. The number of aliphatic hydroxyl groups is 2. The molecule has 0 spiro atoms. The highest BCUT2D eigenvalue weighted by Gasteiger charge is 2.50. The molecular formula is C21H30O3. The second-order valence-corrected chi connectivity index (χ2v) is 8.09. The van der Waals surface area contributed by atoms with Gasteiger partial charge in [0.2, 0.25) is 0 Å². The molecular weight excluding hydrogens is 300 g/mol. The van der Waals surface area contributed by atoms with Crippen LogP contribution in [0.25, 0.3) is 0 Å². The summed E-state index contributed by atoms with van der Waals surface area (Å²) in [5.41, 5.74) is 3.99. The van der Waals surface area contributed by atoms with Crippen LogP contribution >= 0.6 is 0 Å². The van der Waals surface area contributed by atoms with Crippen molar-refractivity contribution in [2.45, 2.75) is 64.9 Å². The molecule has 4 atom stereocenters. The van der Waals surface area contributed by atoms with Crippen molar-refractivity contribution in [3.63, 3.8) is 0 Å². The van der Waals surface area contributed by atoms with E-state index >= 15 is 0 Å². The van der Waals surface area contributed by atoms with Crippen LogP contribution in [0.3, 0.4) is 0 Å². The van der Waals surface area contributed by atoms with E-state index in [2.05, 4.69) is 32.1 Å². The van der Waals surface area contributed by atoms with E-state index in [1.165, 1.54) is 16.7 Å². The zero-order valence-electron chi connectivity index (χ0n) is 14.9. The number of allylic oxidation sites excluding steroid dienone is 5. The van der Waals surface area contributed by atoms with Gasteiger partial charge in [-0.05, 0) is 74.3 Å². The van der Waals surface area contributed by atoms with Gasteiger partial charge in [0.15, 0.2) is 5.78 Å². The molecule has 3 aliphatic rings. The standard InChI is InChI=1S/C21H30O3/c1-14-5-8-17(23)12-16(14)7-6-15-4-3-11-21(2)18(15)9-10-19(21)20(24)13-22/h4,6-7,17-19,22-23H,3,5,8-13H2,1-2H3/b7-6+/t17-,18-,19+,21-/m0/s1. The Morgan fingerprint density at radius 2 is 2.12 bits per heavy atom. The molecule has 3 heteroatoms. The van der Waals surface area contributed by atoms with E-state index in [0.717, 1.165) is 44.9 Å². The Kier molecular flexibility index (Phi) is 5.12. The van der Waals surface area contributed by atoms with Crippen LogP contribution in [0.1, 0.15) is 58.8 Å². The summed E-state index contributed by atoms with van der Waals surface area (Å²) in [6, 6.07) is 0. The lowest BCUT2D eigenvalue weighted by molar-refractivity contribution is -0.129. The molecule has 0 aliphatic heterocycles. The Labute approximate surface area is 145 Å².